The lowest BCUT2D eigenvalue weighted by molar-refractivity contribution is 0.277. The fourth-order valence-corrected chi connectivity index (χ4v) is 2.15. The molecule has 0 aliphatic carbocycles. The second kappa shape index (κ2) is 5.33. The summed E-state index contributed by atoms with van der Waals surface area (Å²) in [5.41, 5.74) is 7.87. The van der Waals surface area contributed by atoms with Gasteiger partial charge in [-0.05, 0) is 24.3 Å². The Morgan fingerprint density at radius 1 is 1.06 bits per heavy atom. The van der Waals surface area contributed by atoms with Crippen LogP contribution in [0.25, 0.3) is 11.3 Å². The van der Waals surface area contributed by atoms with Gasteiger partial charge >= 0.3 is 0 Å². The number of aliphatic hydroxyl groups is 1. The maximum Gasteiger partial charge on any atom is 0.0951 e. The van der Waals surface area contributed by atoms with Gasteiger partial charge in [-0.1, -0.05) is 34.8 Å². The van der Waals surface area contributed by atoms with Gasteiger partial charge in [0.1, 0.15) is 0 Å². The van der Waals surface area contributed by atoms with Crippen molar-refractivity contribution in [3.05, 3.63) is 45.0 Å². The fraction of sp³-hybridized carbons (Fsp3) is 0.0833. The monoisotopic (exact) mass is 302 g/mol. The average molecular weight is 304 g/mol. The highest BCUT2D eigenvalue weighted by molar-refractivity contribution is 6.44. The number of hydrogen-bond acceptors (Lipinski definition) is 3. The maximum absolute atomic E-state index is 9.08. The Morgan fingerprint density at radius 3 is 2.39 bits per heavy atom. The Hall–Kier alpha value is -1.000. The van der Waals surface area contributed by atoms with E-state index >= 15 is 0 Å². The Kier molecular flexibility index (Phi) is 3.97. The molecule has 0 spiro atoms. The van der Waals surface area contributed by atoms with Crippen LogP contribution in [0.15, 0.2) is 24.3 Å². The second-order valence-electron chi connectivity index (χ2n) is 3.64. The van der Waals surface area contributed by atoms with Crippen molar-refractivity contribution in [2.75, 3.05) is 5.73 Å². The maximum atomic E-state index is 9.08. The highest BCUT2D eigenvalue weighted by atomic mass is 35.5. The van der Waals surface area contributed by atoms with Crippen LogP contribution < -0.4 is 5.73 Å². The first kappa shape index (κ1) is 13.4. The highest BCUT2D eigenvalue weighted by Gasteiger charge is 2.12. The highest BCUT2D eigenvalue weighted by Crippen LogP contribution is 2.36. The fourth-order valence-electron chi connectivity index (χ4n) is 1.52. The largest absolute Gasteiger partial charge is 0.397 e. The molecule has 0 bridgehead atoms. The Labute approximate surface area is 119 Å². The molecule has 18 heavy (non-hydrogen) atoms. The topological polar surface area (TPSA) is 59.1 Å². The van der Waals surface area contributed by atoms with Crippen molar-refractivity contribution < 1.29 is 5.11 Å². The number of halogens is 3. The molecule has 0 saturated carbocycles. The summed E-state index contributed by atoms with van der Waals surface area (Å²) in [5.74, 6) is 0. The van der Waals surface area contributed by atoms with E-state index in [1.165, 1.54) is 6.07 Å². The lowest BCUT2D eigenvalue weighted by atomic mass is 10.1. The summed E-state index contributed by atoms with van der Waals surface area (Å²) in [6, 6.07) is 6.44. The lowest BCUT2D eigenvalue weighted by Gasteiger charge is -2.10. The first-order valence-corrected chi connectivity index (χ1v) is 6.17. The number of hydrogen-bond donors (Lipinski definition) is 2. The molecule has 2 rings (SSSR count). The van der Waals surface area contributed by atoms with E-state index in [0.29, 0.717) is 37.7 Å². The number of pyridine rings is 1. The van der Waals surface area contributed by atoms with Crippen molar-refractivity contribution in [2.45, 2.75) is 6.61 Å². The molecule has 0 aliphatic rings. The van der Waals surface area contributed by atoms with Crippen molar-refractivity contribution in [3.63, 3.8) is 0 Å². The minimum atomic E-state index is -0.174. The number of aromatic nitrogens is 1. The number of benzene rings is 1. The SMILES string of the molecule is Nc1ccc(CO)nc1-c1cc(Cl)c(Cl)cc1Cl. The summed E-state index contributed by atoms with van der Waals surface area (Å²) < 4.78 is 0. The van der Waals surface area contributed by atoms with Crippen molar-refractivity contribution in [3.8, 4) is 11.3 Å². The summed E-state index contributed by atoms with van der Waals surface area (Å²) in [5, 5.41) is 10.2. The zero-order chi connectivity index (χ0) is 13.3. The molecular formula is C12H9Cl3N2O. The van der Waals surface area contributed by atoms with E-state index in [-0.39, 0.29) is 6.61 Å². The van der Waals surface area contributed by atoms with Crippen molar-refractivity contribution >= 4 is 40.5 Å². The predicted octanol–water partition coefficient (Wildman–Crippen LogP) is 3.78. The molecular weight excluding hydrogens is 295 g/mol. The molecule has 1 heterocycles. The summed E-state index contributed by atoms with van der Waals surface area (Å²) >= 11 is 17.9. The quantitative estimate of drug-likeness (QED) is 0.830. The summed E-state index contributed by atoms with van der Waals surface area (Å²) in [4.78, 5) is 4.23. The van der Waals surface area contributed by atoms with E-state index < -0.39 is 0 Å². The molecule has 0 fully saturated rings. The first-order valence-electron chi connectivity index (χ1n) is 5.04. The number of nitrogen functional groups attached to an aromatic ring is 1. The standard InChI is InChI=1S/C12H9Cl3N2O/c13-8-4-10(15)9(14)3-7(8)12-11(16)2-1-6(5-18)17-12/h1-4,18H,5,16H2. The van der Waals surface area contributed by atoms with Crippen LogP contribution in [0.4, 0.5) is 5.69 Å². The molecule has 2 aromatic rings. The third-order valence-corrected chi connectivity index (χ3v) is 3.45. The molecule has 0 saturated heterocycles. The minimum Gasteiger partial charge on any atom is -0.397 e. The van der Waals surface area contributed by atoms with Crippen molar-refractivity contribution in [1.29, 1.82) is 0 Å². The van der Waals surface area contributed by atoms with Gasteiger partial charge in [-0.25, -0.2) is 4.98 Å². The first-order chi connectivity index (χ1) is 8.52. The summed E-state index contributed by atoms with van der Waals surface area (Å²) in [6.07, 6.45) is 0. The van der Waals surface area contributed by atoms with E-state index in [1.54, 1.807) is 18.2 Å². The van der Waals surface area contributed by atoms with Crippen molar-refractivity contribution in [2.24, 2.45) is 0 Å². The van der Waals surface area contributed by atoms with Crippen LogP contribution in [0, 0.1) is 0 Å². The van der Waals surface area contributed by atoms with Crippen LogP contribution in [0.2, 0.25) is 15.1 Å². The Bertz CT molecular complexity index is 602. The molecule has 0 radical (unpaired) electrons. The molecule has 0 amide bonds. The predicted molar refractivity (Wildman–Crippen MR) is 75.0 cm³/mol. The molecule has 0 aliphatic heterocycles. The average Bonchev–Trinajstić information content (AvgIpc) is 2.35. The van der Waals surface area contributed by atoms with Crippen LogP contribution in [-0.2, 0) is 6.61 Å². The molecule has 6 heteroatoms. The normalized spacial score (nSPS) is 10.7. The van der Waals surface area contributed by atoms with Crippen LogP contribution in [0.5, 0.6) is 0 Å². The van der Waals surface area contributed by atoms with E-state index in [1.807, 2.05) is 0 Å². The van der Waals surface area contributed by atoms with Gasteiger partial charge in [0.25, 0.3) is 0 Å². The van der Waals surface area contributed by atoms with Gasteiger partial charge in [0, 0.05) is 5.56 Å². The third-order valence-electron chi connectivity index (χ3n) is 2.41. The van der Waals surface area contributed by atoms with E-state index in [2.05, 4.69) is 4.98 Å². The van der Waals surface area contributed by atoms with Crippen LogP contribution >= 0.6 is 34.8 Å². The van der Waals surface area contributed by atoms with Gasteiger partial charge in [0.05, 0.1) is 38.8 Å². The number of aliphatic hydroxyl groups excluding tert-OH is 1. The van der Waals surface area contributed by atoms with Gasteiger partial charge in [-0.2, -0.15) is 0 Å². The van der Waals surface area contributed by atoms with Gasteiger partial charge in [0.2, 0.25) is 0 Å². The number of anilines is 1. The smallest absolute Gasteiger partial charge is 0.0951 e. The Morgan fingerprint density at radius 2 is 1.72 bits per heavy atom. The summed E-state index contributed by atoms with van der Waals surface area (Å²) in [7, 11) is 0. The molecule has 1 aromatic heterocycles. The van der Waals surface area contributed by atoms with E-state index in [4.69, 9.17) is 45.6 Å². The summed E-state index contributed by atoms with van der Waals surface area (Å²) in [6.45, 7) is -0.174. The minimum absolute atomic E-state index is 0.174. The Balaban J connectivity index is 2.64. The molecule has 0 atom stereocenters. The van der Waals surface area contributed by atoms with Crippen LogP contribution in [0.3, 0.4) is 0 Å². The van der Waals surface area contributed by atoms with Crippen LogP contribution in [0.1, 0.15) is 5.69 Å². The van der Waals surface area contributed by atoms with Gasteiger partial charge in [0.15, 0.2) is 0 Å². The third kappa shape index (κ3) is 2.54. The number of nitrogens with two attached hydrogens (primary N) is 1. The molecule has 0 unspecified atom stereocenters. The zero-order valence-electron chi connectivity index (χ0n) is 9.12. The van der Waals surface area contributed by atoms with Gasteiger partial charge < -0.3 is 10.8 Å². The second-order valence-corrected chi connectivity index (χ2v) is 4.87. The number of nitrogens with zero attached hydrogens (tertiary/aromatic N) is 1. The van der Waals surface area contributed by atoms with E-state index in [9.17, 15) is 0 Å². The van der Waals surface area contributed by atoms with Crippen molar-refractivity contribution in [1.82, 2.24) is 4.98 Å². The molecule has 3 N–H and O–H groups in total. The van der Waals surface area contributed by atoms with E-state index in [0.717, 1.165) is 0 Å². The molecule has 94 valence electrons. The molecule has 1 aromatic carbocycles. The molecule has 3 nitrogen and oxygen atoms in total. The van der Waals surface area contributed by atoms with Gasteiger partial charge in [-0.15, -0.1) is 0 Å². The van der Waals surface area contributed by atoms with Crippen LogP contribution in [-0.4, -0.2) is 10.1 Å². The number of rotatable bonds is 2. The zero-order valence-corrected chi connectivity index (χ0v) is 11.4. The van der Waals surface area contributed by atoms with Gasteiger partial charge in [-0.3, -0.25) is 0 Å². The lowest BCUT2D eigenvalue weighted by Crippen LogP contribution is -1.98.